The van der Waals surface area contributed by atoms with Gasteiger partial charge in [-0.1, -0.05) is 12.1 Å². The van der Waals surface area contributed by atoms with Crippen molar-refractivity contribution in [3.8, 4) is 5.75 Å². The quantitative estimate of drug-likeness (QED) is 0.185. The molecule has 4 unspecified atom stereocenters. The Morgan fingerprint density at radius 1 is 0.906 bits per heavy atom. The largest absolute Gasteiger partial charge is 0.508 e. The Kier molecular flexibility index (Phi) is 11.1. The summed E-state index contributed by atoms with van der Waals surface area (Å²) in [5.74, 6) is -2.97. The molecule has 3 amide bonds. The van der Waals surface area contributed by atoms with E-state index in [1.165, 1.54) is 26.0 Å². The smallest absolute Gasteiger partial charge is 0.325 e. The van der Waals surface area contributed by atoms with Crippen LogP contribution in [-0.2, 0) is 25.6 Å². The van der Waals surface area contributed by atoms with Gasteiger partial charge in [0.2, 0.25) is 17.7 Å². The van der Waals surface area contributed by atoms with Crippen molar-refractivity contribution in [2.24, 2.45) is 11.5 Å². The molecule has 32 heavy (non-hydrogen) atoms. The molecular weight excluding hydrogens is 418 g/mol. The van der Waals surface area contributed by atoms with Gasteiger partial charge >= 0.3 is 5.97 Å². The van der Waals surface area contributed by atoms with E-state index in [1.807, 2.05) is 0 Å². The van der Waals surface area contributed by atoms with Crippen molar-refractivity contribution in [3.63, 3.8) is 0 Å². The third kappa shape index (κ3) is 9.31. The van der Waals surface area contributed by atoms with Crippen LogP contribution in [0.1, 0.15) is 38.7 Å². The number of aromatic hydroxyl groups is 1. The van der Waals surface area contributed by atoms with E-state index in [0.29, 0.717) is 24.9 Å². The second-order valence-electron chi connectivity index (χ2n) is 7.63. The normalized spacial score (nSPS) is 14.5. The van der Waals surface area contributed by atoms with Crippen LogP contribution in [0.2, 0.25) is 0 Å². The van der Waals surface area contributed by atoms with Crippen molar-refractivity contribution >= 4 is 23.7 Å². The van der Waals surface area contributed by atoms with E-state index in [-0.39, 0.29) is 18.6 Å². The number of carboxylic acids is 1. The molecule has 1 aromatic rings. The summed E-state index contributed by atoms with van der Waals surface area (Å²) in [6, 6.07) is 2.07. The van der Waals surface area contributed by atoms with Crippen molar-refractivity contribution in [3.05, 3.63) is 29.8 Å². The van der Waals surface area contributed by atoms with E-state index >= 15 is 0 Å². The monoisotopic (exact) mass is 451 g/mol. The first-order valence-electron chi connectivity index (χ1n) is 10.4. The number of benzene rings is 1. The minimum absolute atomic E-state index is 0.0542. The van der Waals surface area contributed by atoms with Crippen molar-refractivity contribution in [2.75, 3.05) is 6.54 Å². The van der Waals surface area contributed by atoms with Crippen LogP contribution in [0.25, 0.3) is 0 Å². The third-order valence-electron chi connectivity index (χ3n) is 4.73. The summed E-state index contributed by atoms with van der Waals surface area (Å²) >= 11 is 0. The van der Waals surface area contributed by atoms with Crippen LogP contribution in [0, 0.1) is 0 Å². The molecule has 0 aliphatic carbocycles. The maximum atomic E-state index is 13.0. The number of phenolic OH excluding ortho intramolecular Hbond substituents is 1. The summed E-state index contributed by atoms with van der Waals surface area (Å²) in [4.78, 5) is 48.8. The zero-order valence-electron chi connectivity index (χ0n) is 18.3. The molecule has 0 aliphatic rings. The molecule has 9 N–H and O–H groups in total. The Hall–Kier alpha value is -3.18. The van der Waals surface area contributed by atoms with Gasteiger partial charge in [0.15, 0.2) is 0 Å². The van der Waals surface area contributed by atoms with E-state index < -0.39 is 47.9 Å². The maximum Gasteiger partial charge on any atom is 0.325 e. The first kappa shape index (κ1) is 26.9. The minimum atomic E-state index is -1.21. The summed E-state index contributed by atoms with van der Waals surface area (Å²) in [7, 11) is 0. The fourth-order valence-corrected chi connectivity index (χ4v) is 2.79. The lowest BCUT2D eigenvalue weighted by atomic mass is 10.0. The molecule has 0 fully saturated rings. The van der Waals surface area contributed by atoms with Crippen LogP contribution >= 0.6 is 0 Å². The highest BCUT2D eigenvalue weighted by Crippen LogP contribution is 2.12. The Bertz CT molecular complexity index is 783. The van der Waals surface area contributed by atoms with Crippen molar-refractivity contribution < 1.29 is 29.4 Å². The number of carbonyl (C=O) groups excluding carboxylic acids is 3. The molecule has 11 nitrogen and oxygen atoms in total. The lowest BCUT2D eigenvalue weighted by Gasteiger charge is -2.24. The molecule has 0 saturated heterocycles. The highest BCUT2D eigenvalue weighted by Gasteiger charge is 2.28. The van der Waals surface area contributed by atoms with Gasteiger partial charge in [-0.15, -0.1) is 0 Å². The number of unbranched alkanes of at least 4 members (excludes halogenated alkanes) is 1. The number of hydrogen-bond acceptors (Lipinski definition) is 7. The summed E-state index contributed by atoms with van der Waals surface area (Å²) in [6.07, 6.45) is 1.49. The van der Waals surface area contributed by atoms with Crippen molar-refractivity contribution in [1.29, 1.82) is 0 Å². The minimum Gasteiger partial charge on any atom is -0.508 e. The fraction of sp³-hybridized carbons (Fsp3) is 0.524. The molecule has 11 heteroatoms. The first-order valence-corrected chi connectivity index (χ1v) is 10.4. The Morgan fingerprint density at radius 2 is 1.47 bits per heavy atom. The van der Waals surface area contributed by atoms with E-state index in [2.05, 4.69) is 16.0 Å². The molecule has 0 saturated carbocycles. The Morgan fingerprint density at radius 3 is 2.00 bits per heavy atom. The maximum absolute atomic E-state index is 13.0. The Balaban J connectivity index is 3.01. The SMILES string of the molecule is CC(N)C(=O)NC(Cc1ccc(O)cc1)C(=O)NC(CCCCN)C(=O)NC(C)C(=O)O. The molecule has 0 radical (unpaired) electrons. The van der Waals surface area contributed by atoms with Crippen LogP contribution in [-0.4, -0.2) is 64.6 Å². The van der Waals surface area contributed by atoms with Gasteiger partial charge < -0.3 is 37.6 Å². The summed E-state index contributed by atoms with van der Waals surface area (Å²) in [5.41, 5.74) is 11.8. The van der Waals surface area contributed by atoms with Crippen LogP contribution in [0.3, 0.4) is 0 Å². The number of phenols is 1. The number of amides is 3. The van der Waals surface area contributed by atoms with Crippen molar-refractivity contribution in [2.45, 2.75) is 63.7 Å². The van der Waals surface area contributed by atoms with E-state index in [9.17, 15) is 24.3 Å². The van der Waals surface area contributed by atoms with Crippen LogP contribution in [0.5, 0.6) is 5.75 Å². The summed E-state index contributed by atoms with van der Waals surface area (Å²) < 4.78 is 0. The average Bonchev–Trinajstić information content (AvgIpc) is 2.73. The highest BCUT2D eigenvalue weighted by atomic mass is 16.4. The summed E-state index contributed by atoms with van der Waals surface area (Å²) in [5, 5.41) is 26.0. The fourth-order valence-electron chi connectivity index (χ4n) is 2.79. The molecule has 0 bridgehead atoms. The molecule has 0 aliphatic heterocycles. The Labute approximate surface area is 186 Å². The van der Waals surface area contributed by atoms with Gasteiger partial charge in [-0.2, -0.15) is 0 Å². The third-order valence-corrected chi connectivity index (χ3v) is 4.73. The van der Waals surface area contributed by atoms with Crippen molar-refractivity contribution in [1.82, 2.24) is 16.0 Å². The summed E-state index contributed by atoms with van der Waals surface area (Å²) in [6.45, 7) is 3.19. The van der Waals surface area contributed by atoms with E-state index in [4.69, 9.17) is 16.6 Å². The predicted octanol–water partition coefficient (Wildman–Crippen LogP) is -1.03. The number of nitrogens with two attached hydrogens (primary N) is 2. The first-order chi connectivity index (χ1) is 15.0. The average molecular weight is 452 g/mol. The zero-order chi connectivity index (χ0) is 24.3. The van der Waals surface area contributed by atoms with Gasteiger partial charge in [-0.05, 0) is 57.4 Å². The lowest BCUT2D eigenvalue weighted by molar-refractivity contribution is -0.141. The lowest BCUT2D eigenvalue weighted by Crippen LogP contribution is -2.57. The molecule has 0 spiro atoms. The topological polar surface area (TPSA) is 197 Å². The molecule has 178 valence electrons. The van der Waals surface area contributed by atoms with Gasteiger partial charge in [0.1, 0.15) is 23.9 Å². The number of rotatable bonds is 13. The van der Waals surface area contributed by atoms with Crippen LogP contribution < -0.4 is 27.4 Å². The van der Waals surface area contributed by atoms with Crippen LogP contribution in [0.4, 0.5) is 0 Å². The number of nitrogens with one attached hydrogen (secondary N) is 3. The van der Waals surface area contributed by atoms with Gasteiger partial charge in [-0.25, -0.2) is 0 Å². The van der Waals surface area contributed by atoms with Gasteiger partial charge in [0, 0.05) is 6.42 Å². The number of aliphatic carboxylic acids is 1. The zero-order valence-corrected chi connectivity index (χ0v) is 18.3. The molecular formula is C21H33N5O6. The molecule has 0 heterocycles. The van der Waals surface area contributed by atoms with E-state index in [0.717, 1.165) is 0 Å². The van der Waals surface area contributed by atoms with E-state index in [1.54, 1.807) is 12.1 Å². The number of carboxylic acid groups (broad SMARTS) is 1. The van der Waals surface area contributed by atoms with Gasteiger partial charge in [0.25, 0.3) is 0 Å². The second-order valence-corrected chi connectivity index (χ2v) is 7.63. The molecule has 4 atom stereocenters. The highest BCUT2D eigenvalue weighted by molar-refractivity contribution is 5.94. The second kappa shape index (κ2) is 13.3. The van der Waals surface area contributed by atoms with Crippen LogP contribution in [0.15, 0.2) is 24.3 Å². The van der Waals surface area contributed by atoms with Gasteiger partial charge in [0.05, 0.1) is 6.04 Å². The molecule has 0 aromatic heterocycles. The molecule has 1 aromatic carbocycles. The van der Waals surface area contributed by atoms with Gasteiger partial charge in [-0.3, -0.25) is 19.2 Å². The standard InChI is InChI=1S/C21H33N5O6/c1-12(23)18(28)26-17(11-14-6-8-15(27)9-7-14)20(30)25-16(5-3-4-10-22)19(29)24-13(2)21(31)32/h6-9,12-13,16-17,27H,3-5,10-11,22-23H2,1-2H3,(H,24,29)(H,25,30)(H,26,28)(H,31,32). The predicted molar refractivity (Wildman–Crippen MR) is 117 cm³/mol. The molecule has 1 rings (SSSR count). The number of hydrogen-bond donors (Lipinski definition) is 7. The number of carbonyl (C=O) groups is 4.